The van der Waals surface area contributed by atoms with Crippen molar-refractivity contribution in [3.63, 3.8) is 0 Å². The topological polar surface area (TPSA) is 169 Å². The van der Waals surface area contributed by atoms with Gasteiger partial charge in [0, 0.05) is 11.7 Å². The maximum Gasteiger partial charge on any atom is 0.308 e. The van der Waals surface area contributed by atoms with Crippen molar-refractivity contribution in [1.29, 1.82) is 0 Å². The smallest absolute Gasteiger partial charge is 0.308 e. The van der Waals surface area contributed by atoms with Gasteiger partial charge in [-0.1, -0.05) is 39.8 Å². The minimum Gasteiger partial charge on any atom is -0.461 e. The van der Waals surface area contributed by atoms with Gasteiger partial charge < -0.3 is 31.7 Å². The van der Waals surface area contributed by atoms with E-state index >= 15 is 0 Å². The molecule has 0 aromatic heterocycles. The highest BCUT2D eigenvalue weighted by Crippen LogP contribution is 2.12. The number of hydrogen-bond acceptors (Lipinski definition) is 7. The third-order valence-electron chi connectivity index (χ3n) is 4.84. The van der Waals surface area contributed by atoms with Crippen LogP contribution in [0.15, 0.2) is 24.3 Å². The lowest BCUT2D eigenvalue weighted by Gasteiger charge is -2.22. The summed E-state index contributed by atoms with van der Waals surface area (Å²) in [7, 11) is 0. The Morgan fingerprint density at radius 2 is 1.40 bits per heavy atom. The third kappa shape index (κ3) is 11.0. The maximum atomic E-state index is 12.7. The molecule has 0 radical (unpaired) electrons. The van der Waals surface area contributed by atoms with Crippen LogP contribution in [0.3, 0.4) is 0 Å². The summed E-state index contributed by atoms with van der Waals surface area (Å²) in [6.07, 6.45) is -0.424. The quantitative estimate of drug-likeness (QED) is 0.251. The first-order valence-electron chi connectivity index (χ1n) is 11.5. The molecule has 194 valence electrons. The van der Waals surface area contributed by atoms with E-state index in [2.05, 4.69) is 21.3 Å². The van der Waals surface area contributed by atoms with Gasteiger partial charge in [-0.15, -0.1) is 0 Å². The van der Waals surface area contributed by atoms with E-state index in [1.807, 2.05) is 13.8 Å². The first-order chi connectivity index (χ1) is 16.3. The molecule has 0 fully saturated rings. The molecule has 0 heterocycles. The molecule has 1 aromatic rings. The van der Waals surface area contributed by atoms with E-state index in [-0.39, 0.29) is 30.4 Å². The summed E-state index contributed by atoms with van der Waals surface area (Å²) in [4.78, 5) is 60.6. The number of esters is 1. The lowest BCUT2D eigenvalue weighted by atomic mass is 10.1. The Balaban J connectivity index is 2.74. The minimum atomic E-state index is -1.24. The second kappa shape index (κ2) is 14.1. The predicted molar refractivity (Wildman–Crippen MR) is 131 cm³/mol. The van der Waals surface area contributed by atoms with Gasteiger partial charge in [0.15, 0.2) is 0 Å². The molecule has 0 unspecified atom stereocenters. The van der Waals surface area contributed by atoms with Gasteiger partial charge in [0.25, 0.3) is 0 Å². The monoisotopic (exact) mass is 491 g/mol. The lowest BCUT2D eigenvalue weighted by Crippen LogP contribution is -2.55. The van der Waals surface area contributed by atoms with Gasteiger partial charge in [-0.2, -0.15) is 0 Å². The van der Waals surface area contributed by atoms with Crippen molar-refractivity contribution in [1.82, 2.24) is 16.0 Å². The number of benzene rings is 1. The minimum absolute atomic E-state index is 0.0765. The average Bonchev–Trinajstić information content (AvgIpc) is 2.76. The summed E-state index contributed by atoms with van der Waals surface area (Å²) in [5, 5.41) is 10.7. The Morgan fingerprint density at radius 1 is 0.829 bits per heavy atom. The summed E-state index contributed by atoms with van der Waals surface area (Å²) in [5.41, 5.74) is 6.39. The van der Waals surface area contributed by atoms with Crippen LogP contribution in [0, 0.1) is 5.92 Å². The highest BCUT2D eigenvalue weighted by molar-refractivity contribution is 6.00. The van der Waals surface area contributed by atoms with Crippen molar-refractivity contribution in [3.05, 3.63) is 29.8 Å². The molecule has 1 rings (SSSR count). The largest absolute Gasteiger partial charge is 0.461 e. The fourth-order valence-electron chi connectivity index (χ4n) is 2.92. The van der Waals surface area contributed by atoms with Crippen LogP contribution < -0.4 is 27.0 Å². The van der Waals surface area contributed by atoms with Gasteiger partial charge in [0.1, 0.15) is 18.7 Å². The second-order valence-electron chi connectivity index (χ2n) is 8.95. The van der Waals surface area contributed by atoms with E-state index in [4.69, 9.17) is 10.5 Å². The predicted octanol–water partition coefficient (Wildman–Crippen LogP) is 0.576. The fourth-order valence-corrected chi connectivity index (χ4v) is 2.92. The number of rotatable bonds is 13. The Kier molecular flexibility index (Phi) is 11.9. The molecule has 0 saturated carbocycles. The molecule has 0 aliphatic carbocycles. The lowest BCUT2D eigenvalue weighted by molar-refractivity contribution is -0.148. The van der Waals surface area contributed by atoms with E-state index < -0.39 is 42.3 Å². The van der Waals surface area contributed by atoms with E-state index in [1.54, 1.807) is 45.0 Å². The second-order valence-corrected chi connectivity index (χ2v) is 8.95. The van der Waals surface area contributed by atoms with E-state index in [0.29, 0.717) is 5.69 Å². The van der Waals surface area contributed by atoms with Crippen LogP contribution >= 0.6 is 0 Å². The Hall–Kier alpha value is -3.47. The van der Waals surface area contributed by atoms with Gasteiger partial charge in [-0.25, -0.2) is 0 Å². The summed E-state index contributed by atoms with van der Waals surface area (Å²) in [6, 6.07) is 3.92. The molecule has 11 heteroatoms. The van der Waals surface area contributed by atoms with Gasteiger partial charge >= 0.3 is 5.97 Å². The van der Waals surface area contributed by atoms with Crippen molar-refractivity contribution in [2.24, 2.45) is 11.7 Å². The van der Waals surface area contributed by atoms with Crippen molar-refractivity contribution >= 4 is 35.3 Å². The van der Waals surface area contributed by atoms with E-state index in [1.165, 1.54) is 6.92 Å². The number of nitrogens with one attached hydrogen (secondary N) is 4. The number of primary amides is 1. The number of carbonyl (C=O) groups excluding carboxylic acids is 5. The molecule has 0 saturated heterocycles. The number of amides is 4. The molecule has 0 spiro atoms. The van der Waals surface area contributed by atoms with Gasteiger partial charge in [0.2, 0.25) is 23.6 Å². The summed E-state index contributed by atoms with van der Waals surface area (Å²) >= 11 is 0. The first-order valence-corrected chi connectivity index (χ1v) is 11.5. The SMILES string of the molecule is CC(C)N[C@@H](C)C(=O)N[C@@H](C)C(=O)N[C@@H](CC(N)=O)C(=O)Nc1ccc(COC(=O)C(C)C)cc1. The average molecular weight is 492 g/mol. The molecule has 1 aromatic carbocycles. The zero-order valence-corrected chi connectivity index (χ0v) is 21.1. The van der Waals surface area contributed by atoms with Crippen LogP contribution in [0.2, 0.25) is 0 Å². The molecule has 0 aliphatic heterocycles. The van der Waals surface area contributed by atoms with E-state index in [0.717, 1.165) is 5.56 Å². The van der Waals surface area contributed by atoms with Crippen LogP contribution in [0.1, 0.15) is 53.5 Å². The molecular formula is C24H37N5O6. The molecule has 3 atom stereocenters. The fraction of sp³-hybridized carbons (Fsp3) is 0.542. The highest BCUT2D eigenvalue weighted by atomic mass is 16.5. The molecule has 4 amide bonds. The molecule has 0 aliphatic rings. The Bertz CT molecular complexity index is 900. The number of hydrogen-bond donors (Lipinski definition) is 5. The van der Waals surface area contributed by atoms with Crippen molar-refractivity contribution < 1.29 is 28.7 Å². The standard InChI is InChI=1S/C24H37N5O6/c1-13(2)24(34)35-12-17-7-9-18(10-8-17)28-23(33)19(11-20(25)30)29-22(32)16(6)27-21(31)15(5)26-14(3)4/h7-10,13-16,19,26H,11-12H2,1-6H3,(H2,25,30)(H,27,31)(H,28,33)(H,29,32)/t15-,16-,19-/m0/s1. The first kappa shape index (κ1) is 29.6. The van der Waals surface area contributed by atoms with Gasteiger partial charge in [-0.05, 0) is 31.5 Å². The van der Waals surface area contributed by atoms with E-state index in [9.17, 15) is 24.0 Å². The maximum absolute atomic E-state index is 12.7. The zero-order chi connectivity index (χ0) is 26.7. The van der Waals surface area contributed by atoms with Crippen LogP contribution in [-0.4, -0.2) is 53.8 Å². The number of ether oxygens (including phenoxy) is 1. The number of carbonyl (C=O) groups is 5. The number of nitrogens with two attached hydrogens (primary N) is 1. The third-order valence-corrected chi connectivity index (χ3v) is 4.84. The van der Waals surface area contributed by atoms with Crippen LogP contribution in [0.4, 0.5) is 5.69 Å². The molecule has 11 nitrogen and oxygen atoms in total. The molecule has 35 heavy (non-hydrogen) atoms. The summed E-state index contributed by atoms with van der Waals surface area (Å²) in [5.74, 6) is -3.00. The van der Waals surface area contributed by atoms with Crippen LogP contribution in [0.5, 0.6) is 0 Å². The van der Waals surface area contributed by atoms with Gasteiger partial charge in [-0.3, -0.25) is 24.0 Å². The van der Waals surface area contributed by atoms with Crippen molar-refractivity contribution in [2.75, 3.05) is 5.32 Å². The number of anilines is 1. The Morgan fingerprint density at radius 3 is 1.91 bits per heavy atom. The highest BCUT2D eigenvalue weighted by Gasteiger charge is 2.27. The summed E-state index contributed by atoms with van der Waals surface area (Å²) in [6.45, 7) is 10.5. The molecular weight excluding hydrogens is 454 g/mol. The molecule has 6 N–H and O–H groups in total. The Labute approximate surface area is 205 Å². The summed E-state index contributed by atoms with van der Waals surface area (Å²) < 4.78 is 5.16. The van der Waals surface area contributed by atoms with Crippen LogP contribution in [0.25, 0.3) is 0 Å². The van der Waals surface area contributed by atoms with Crippen molar-refractivity contribution in [2.45, 2.75) is 78.7 Å². The normalized spacial score (nSPS) is 13.5. The zero-order valence-electron chi connectivity index (χ0n) is 21.1. The molecule has 0 bridgehead atoms. The van der Waals surface area contributed by atoms with Crippen molar-refractivity contribution in [3.8, 4) is 0 Å². The van der Waals surface area contributed by atoms with Crippen LogP contribution in [-0.2, 0) is 35.3 Å². The van der Waals surface area contributed by atoms with Gasteiger partial charge in [0.05, 0.1) is 18.4 Å².